The van der Waals surface area contributed by atoms with Crippen LogP contribution in [0.1, 0.15) is 17.2 Å². The van der Waals surface area contributed by atoms with Gasteiger partial charge in [-0.3, -0.25) is 4.98 Å². The summed E-state index contributed by atoms with van der Waals surface area (Å²) in [5.41, 5.74) is 2.06. The van der Waals surface area contributed by atoms with Crippen LogP contribution in [0.5, 0.6) is 0 Å². The summed E-state index contributed by atoms with van der Waals surface area (Å²) in [6.07, 6.45) is 3.57. The van der Waals surface area contributed by atoms with Crippen LogP contribution in [0.15, 0.2) is 30.6 Å². The third kappa shape index (κ3) is 2.38. The lowest BCUT2D eigenvalue weighted by Gasteiger charge is -2.15. The van der Waals surface area contributed by atoms with Crippen LogP contribution in [0.3, 0.4) is 0 Å². The molecule has 0 bridgehead atoms. The fourth-order valence-electron chi connectivity index (χ4n) is 1.60. The Balaban J connectivity index is 2.40. The van der Waals surface area contributed by atoms with Gasteiger partial charge < -0.3 is 5.32 Å². The Kier molecular flexibility index (Phi) is 3.82. The molecule has 1 atom stereocenters. The van der Waals surface area contributed by atoms with E-state index in [1.807, 2.05) is 31.4 Å². The van der Waals surface area contributed by atoms with E-state index in [1.54, 1.807) is 6.20 Å². The molecule has 2 heterocycles. The SMILES string of the molecule is CNC(c1cccnc1)c1cc(Cl)sc1Cl. The number of nitrogens with one attached hydrogen (secondary N) is 1. The monoisotopic (exact) mass is 272 g/mol. The summed E-state index contributed by atoms with van der Waals surface area (Å²) < 4.78 is 1.41. The zero-order valence-electron chi connectivity index (χ0n) is 8.58. The number of rotatable bonds is 3. The van der Waals surface area contributed by atoms with Gasteiger partial charge in [-0.05, 0) is 24.7 Å². The highest BCUT2D eigenvalue weighted by molar-refractivity contribution is 7.20. The summed E-state index contributed by atoms with van der Waals surface area (Å²) in [6.45, 7) is 0. The lowest BCUT2D eigenvalue weighted by molar-refractivity contribution is 0.691. The van der Waals surface area contributed by atoms with Gasteiger partial charge in [-0.15, -0.1) is 11.3 Å². The highest BCUT2D eigenvalue weighted by Gasteiger charge is 2.17. The zero-order valence-corrected chi connectivity index (χ0v) is 10.9. The fraction of sp³-hybridized carbons (Fsp3) is 0.182. The maximum absolute atomic E-state index is 6.14. The first kappa shape index (κ1) is 11.9. The third-order valence-electron chi connectivity index (χ3n) is 2.30. The lowest BCUT2D eigenvalue weighted by atomic mass is 10.0. The van der Waals surface area contributed by atoms with Gasteiger partial charge in [0.05, 0.1) is 14.7 Å². The smallest absolute Gasteiger partial charge is 0.0995 e. The number of hydrogen-bond donors (Lipinski definition) is 1. The van der Waals surface area contributed by atoms with Gasteiger partial charge in [0.2, 0.25) is 0 Å². The average molecular weight is 273 g/mol. The van der Waals surface area contributed by atoms with Crippen LogP contribution < -0.4 is 5.32 Å². The molecular formula is C11H10Cl2N2S. The summed E-state index contributed by atoms with van der Waals surface area (Å²) in [7, 11) is 1.89. The van der Waals surface area contributed by atoms with Crippen LogP contribution in [0, 0.1) is 0 Å². The molecule has 0 saturated carbocycles. The molecule has 2 rings (SSSR count). The molecule has 0 fully saturated rings. The molecule has 0 aliphatic carbocycles. The molecule has 0 aliphatic heterocycles. The van der Waals surface area contributed by atoms with Gasteiger partial charge in [0.1, 0.15) is 0 Å². The number of pyridine rings is 1. The Bertz CT molecular complexity index is 470. The minimum absolute atomic E-state index is 0.0324. The van der Waals surface area contributed by atoms with Crippen molar-refractivity contribution in [1.82, 2.24) is 10.3 Å². The van der Waals surface area contributed by atoms with Crippen molar-refractivity contribution in [3.8, 4) is 0 Å². The Morgan fingerprint density at radius 1 is 1.44 bits per heavy atom. The van der Waals surface area contributed by atoms with Gasteiger partial charge in [0, 0.05) is 18.0 Å². The Hall–Kier alpha value is -0.610. The van der Waals surface area contributed by atoms with Crippen LogP contribution in [-0.4, -0.2) is 12.0 Å². The minimum atomic E-state index is 0.0324. The first-order valence-electron chi connectivity index (χ1n) is 4.74. The molecule has 0 radical (unpaired) electrons. The van der Waals surface area contributed by atoms with Crippen molar-refractivity contribution >= 4 is 34.5 Å². The molecule has 2 nitrogen and oxygen atoms in total. The molecular weight excluding hydrogens is 263 g/mol. The lowest BCUT2D eigenvalue weighted by Crippen LogP contribution is -2.17. The molecule has 5 heteroatoms. The molecule has 0 spiro atoms. The van der Waals surface area contributed by atoms with Gasteiger partial charge in [-0.25, -0.2) is 0 Å². The van der Waals surface area contributed by atoms with E-state index >= 15 is 0 Å². The summed E-state index contributed by atoms with van der Waals surface area (Å²) >= 11 is 13.5. The topological polar surface area (TPSA) is 24.9 Å². The van der Waals surface area contributed by atoms with Gasteiger partial charge in [-0.1, -0.05) is 29.3 Å². The van der Waals surface area contributed by atoms with Crippen LogP contribution in [0.2, 0.25) is 8.67 Å². The second-order valence-electron chi connectivity index (χ2n) is 3.29. The van der Waals surface area contributed by atoms with Crippen molar-refractivity contribution in [2.75, 3.05) is 7.05 Å². The van der Waals surface area contributed by atoms with E-state index in [0.29, 0.717) is 8.67 Å². The van der Waals surface area contributed by atoms with Crippen molar-refractivity contribution in [1.29, 1.82) is 0 Å². The van der Waals surface area contributed by atoms with Crippen molar-refractivity contribution in [2.24, 2.45) is 0 Å². The van der Waals surface area contributed by atoms with Gasteiger partial charge in [0.25, 0.3) is 0 Å². The van der Waals surface area contributed by atoms with E-state index in [-0.39, 0.29) is 6.04 Å². The first-order chi connectivity index (χ1) is 7.72. The van der Waals surface area contributed by atoms with Crippen LogP contribution in [0.25, 0.3) is 0 Å². The van der Waals surface area contributed by atoms with Crippen molar-refractivity contribution in [3.05, 3.63) is 50.4 Å². The molecule has 2 aromatic rings. The first-order valence-corrected chi connectivity index (χ1v) is 6.31. The number of aromatic nitrogens is 1. The molecule has 0 aliphatic rings. The van der Waals surface area contributed by atoms with E-state index in [0.717, 1.165) is 11.1 Å². The Labute approximate surface area is 108 Å². The van der Waals surface area contributed by atoms with Crippen molar-refractivity contribution < 1.29 is 0 Å². The summed E-state index contributed by atoms with van der Waals surface area (Å²) in [6, 6.07) is 5.84. The molecule has 2 aromatic heterocycles. The maximum Gasteiger partial charge on any atom is 0.0995 e. The van der Waals surface area contributed by atoms with Crippen LogP contribution in [-0.2, 0) is 0 Å². The van der Waals surface area contributed by atoms with Gasteiger partial charge in [0.15, 0.2) is 0 Å². The van der Waals surface area contributed by atoms with E-state index in [1.165, 1.54) is 11.3 Å². The molecule has 1 unspecified atom stereocenters. The third-order valence-corrected chi connectivity index (χ3v) is 3.82. The van der Waals surface area contributed by atoms with E-state index < -0.39 is 0 Å². The number of thiophene rings is 1. The predicted molar refractivity (Wildman–Crippen MR) is 69.5 cm³/mol. The molecule has 0 saturated heterocycles. The quantitative estimate of drug-likeness (QED) is 0.921. The fourth-order valence-corrected chi connectivity index (χ4v) is 3.13. The van der Waals surface area contributed by atoms with E-state index in [9.17, 15) is 0 Å². The van der Waals surface area contributed by atoms with E-state index in [4.69, 9.17) is 23.2 Å². The van der Waals surface area contributed by atoms with Crippen molar-refractivity contribution in [3.63, 3.8) is 0 Å². The standard InChI is InChI=1S/C11H10Cl2N2S/c1-14-10(7-3-2-4-15-6-7)8-5-9(12)16-11(8)13/h2-6,10,14H,1H3. The second kappa shape index (κ2) is 5.15. The zero-order chi connectivity index (χ0) is 11.5. The minimum Gasteiger partial charge on any atom is -0.309 e. The van der Waals surface area contributed by atoms with Crippen LogP contribution in [0.4, 0.5) is 0 Å². The molecule has 1 N–H and O–H groups in total. The van der Waals surface area contributed by atoms with Crippen molar-refractivity contribution in [2.45, 2.75) is 6.04 Å². The molecule has 84 valence electrons. The van der Waals surface area contributed by atoms with Gasteiger partial charge in [-0.2, -0.15) is 0 Å². The number of hydrogen-bond acceptors (Lipinski definition) is 3. The Morgan fingerprint density at radius 3 is 2.75 bits per heavy atom. The normalized spacial score (nSPS) is 12.7. The second-order valence-corrected chi connectivity index (χ2v) is 5.57. The largest absolute Gasteiger partial charge is 0.309 e. The molecule has 0 amide bonds. The summed E-state index contributed by atoms with van der Waals surface area (Å²) in [4.78, 5) is 4.10. The average Bonchev–Trinajstić information content (AvgIpc) is 2.61. The maximum atomic E-state index is 6.14. The highest BCUT2D eigenvalue weighted by atomic mass is 35.5. The number of nitrogens with zero attached hydrogens (tertiary/aromatic N) is 1. The molecule has 16 heavy (non-hydrogen) atoms. The summed E-state index contributed by atoms with van der Waals surface area (Å²) in [5.74, 6) is 0. The van der Waals surface area contributed by atoms with E-state index in [2.05, 4.69) is 10.3 Å². The highest BCUT2D eigenvalue weighted by Crippen LogP contribution is 2.36. The number of halogens is 2. The summed E-state index contributed by atoms with van der Waals surface area (Å²) in [5, 5.41) is 3.21. The van der Waals surface area contributed by atoms with Crippen LogP contribution >= 0.6 is 34.5 Å². The molecule has 0 aromatic carbocycles. The Morgan fingerprint density at radius 2 is 2.25 bits per heavy atom. The predicted octanol–water partition coefficient (Wildman–Crippen LogP) is 3.76. The van der Waals surface area contributed by atoms with Gasteiger partial charge >= 0.3 is 0 Å².